The molecule has 134 valence electrons. The van der Waals surface area contributed by atoms with Crippen LogP contribution in [0.25, 0.3) is 0 Å². The summed E-state index contributed by atoms with van der Waals surface area (Å²) in [5, 5.41) is 6.74. The van der Waals surface area contributed by atoms with Crippen LogP contribution in [0.5, 0.6) is 0 Å². The summed E-state index contributed by atoms with van der Waals surface area (Å²) in [4.78, 5) is 0. The van der Waals surface area contributed by atoms with Gasteiger partial charge in [-0.15, -0.1) is 0 Å². The highest BCUT2D eigenvalue weighted by Crippen LogP contribution is 2.19. The van der Waals surface area contributed by atoms with Gasteiger partial charge in [-0.2, -0.15) is 0 Å². The van der Waals surface area contributed by atoms with Crippen molar-refractivity contribution in [1.82, 2.24) is 5.32 Å². The van der Waals surface area contributed by atoms with Crippen molar-refractivity contribution >= 4 is 5.69 Å². The quantitative estimate of drug-likeness (QED) is 0.735. The number of halogens is 2. The summed E-state index contributed by atoms with van der Waals surface area (Å²) in [7, 11) is 0. The molecule has 0 aliphatic heterocycles. The molecular formula is C21H26F2N2. The fourth-order valence-electron chi connectivity index (χ4n) is 3.51. The van der Waals surface area contributed by atoms with E-state index in [1.54, 1.807) is 0 Å². The van der Waals surface area contributed by atoms with Crippen LogP contribution in [-0.2, 0) is 13.0 Å². The molecule has 0 bridgehead atoms. The van der Waals surface area contributed by atoms with Crippen LogP contribution < -0.4 is 10.6 Å². The molecule has 1 fully saturated rings. The monoisotopic (exact) mass is 344 g/mol. The lowest BCUT2D eigenvalue weighted by atomic mass is 9.95. The molecular weight excluding hydrogens is 318 g/mol. The van der Waals surface area contributed by atoms with Gasteiger partial charge in [0, 0.05) is 18.7 Å². The van der Waals surface area contributed by atoms with Gasteiger partial charge >= 0.3 is 0 Å². The van der Waals surface area contributed by atoms with Crippen LogP contribution in [0.1, 0.15) is 43.2 Å². The largest absolute Gasteiger partial charge is 0.379 e. The number of rotatable bonds is 7. The van der Waals surface area contributed by atoms with E-state index < -0.39 is 11.6 Å². The molecule has 1 aliphatic carbocycles. The molecule has 2 N–H and O–H groups in total. The second kappa shape index (κ2) is 8.95. The van der Waals surface area contributed by atoms with Gasteiger partial charge in [-0.05, 0) is 49.1 Å². The van der Waals surface area contributed by atoms with Gasteiger partial charge in [0.2, 0.25) is 0 Å². The van der Waals surface area contributed by atoms with Crippen LogP contribution in [0.2, 0.25) is 0 Å². The topological polar surface area (TPSA) is 24.1 Å². The van der Waals surface area contributed by atoms with Crippen LogP contribution in [0, 0.1) is 11.6 Å². The number of hydrogen-bond acceptors (Lipinski definition) is 2. The minimum Gasteiger partial charge on any atom is -0.379 e. The number of hydrogen-bond donors (Lipinski definition) is 2. The number of nitrogens with one attached hydrogen (secondary N) is 2. The van der Waals surface area contributed by atoms with Crippen LogP contribution in [-0.4, -0.2) is 12.6 Å². The van der Waals surface area contributed by atoms with Gasteiger partial charge in [0.1, 0.15) is 11.6 Å². The highest BCUT2D eigenvalue weighted by molar-refractivity contribution is 5.45. The third-order valence-electron chi connectivity index (χ3n) is 4.95. The molecule has 1 aliphatic rings. The van der Waals surface area contributed by atoms with Gasteiger partial charge in [-0.3, -0.25) is 0 Å². The molecule has 0 heterocycles. The van der Waals surface area contributed by atoms with Crippen LogP contribution in [0.3, 0.4) is 0 Å². The molecule has 1 saturated carbocycles. The van der Waals surface area contributed by atoms with E-state index in [4.69, 9.17) is 0 Å². The molecule has 0 unspecified atom stereocenters. The second-order valence-electron chi connectivity index (χ2n) is 6.79. The van der Waals surface area contributed by atoms with E-state index in [0.717, 1.165) is 24.6 Å². The molecule has 4 heteroatoms. The smallest absolute Gasteiger partial charge is 0.149 e. The molecule has 25 heavy (non-hydrogen) atoms. The lowest BCUT2D eigenvalue weighted by Gasteiger charge is -2.23. The highest BCUT2D eigenvalue weighted by Gasteiger charge is 2.12. The summed E-state index contributed by atoms with van der Waals surface area (Å²) < 4.78 is 26.7. The van der Waals surface area contributed by atoms with Crippen molar-refractivity contribution in [2.45, 2.75) is 51.1 Å². The van der Waals surface area contributed by atoms with E-state index in [1.165, 1.54) is 49.8 Å². The van der Waals surface area contributed by atoms with Gasteiger partial charge in [0.15, 0.2) is 0 Å². The zero-order valence-electron chi connectivity index (χ0n) is 14.5. The predicted molar refractivity (Wildman–Crippen MR) is 98.7 cm³/mol. The molecule has 0 amide bonds. The Morgan fingerprint density at radius 3 is 2.44 bits per heavy atom. The fourth-order valence-corrected chi connectivity index (χ4v) is 3.51. The minimum atomic E-state index is -0.559. The molecule has 3 rings (SSSR count). The van der Waals surface area contributed by atoms with Crippen molar-refractivity contribution in [3.05, 3.63) is 65.2 Å². The Morgan fingerprint density at radius 1 is 0.920 bits per heavy atom. The van der Waals surface area contributed by atoms with E-state index in [1.807, 2.05) is 12.1 Å². The summed E-state index contributed by atoms with van der Waals surface area (Å²) in [6, 6.07) is 12.5. The van der Waals surface area contributed by atoms with Crippen molar-refractivity contribution in [1.29, 1.82) is 0 Å². The normalized spacial score (nSPS) is 15.3. The maximum absolute atomic E-state index is 13.7. The Labute approximate surface area is 148 Å². The Bertz CT molecular complexity index is 681. The summed E-state index contributed by atoms with van der Waals surface area (Å²) in [6.07, 6.45) is 7.57. The van der Waals surface area contributed by atoms with E-state index in [2.05, 4.69) is 22.8 Å². The molecule has 0 saturated heterocycles. The zero-order chi connectivity index (χ0) is 17.5. The third kappa shape index (κ3) is 5.27. The Morgan fingerprint density at radius 2 is 1.68 bits per heavy atom. The summed E-state index contributed by atoms with van der Waals surface area (Å²) in [5.41, 5.74) is 2.74. The summed E-state index contributed by atoms with van der Waals surface area (Å²) in [6.45, 7) is 1.49. The molecule has 0 spiro atoms. The Kier molecular flexibility index (Phi) is 6.40. The number of anilines is 1. The zero-order valence-corrected chi connectivity index (χ0v) is 14.5. The van der Waals surface area contributed by atoms with Crippen LogP contribution >= 0.6 is 0 Å². The Hall–Kier alpha value is -1.94. The van der Waals surface area contributed by atoms with E-state index in [-0.39, 0.29) is 0 Å². The van der Waals surface area contributed by atoms with Crippen LogP contribution in [0.4, 0.5) is 14.5 Å². The molecule has 0 aromatic heterocycles. The standard InChI is InChI=1S/C21H26F2N2/c22-18-10-11-21(20(23)14-18)25-15-17-7-5-4-6-16(17)12-13-24-19-8-2-1-3-9-19/h4-7,10-11,14,19,24-25H,1-3,8-9,12-13,15H2. The summed E-state index contributed by atoms with van der Waals surface area (Å²) in [5.74, 6) is -1.12. The fraction of sp³-hybridized carbons (Fsp3) is 0.429. The van der Waals surface area contributed by atoms with Crippen molar-refractivity contribution < 1.29 is 8.78 Å². The first kappa shape index (κ1) is 17.9. The Balaban J connectivity index is 1.54. The lowest BCUT2D eigenvalue weighted by molar-refractivity contribution is 0.375. The maximum atomic E-state index is 13.7. The molecule has 2 aromatic rings. The predicted octanol–water partition coefficient (Wildman–Crippen LogP) is 5.04. The lowest BCUT2D eigenvalue weighted by Crippen LogP contribution is -2.32. The molecule has 0 radical (unpaired) electrons. The van der Waals surface area contributed by atoms with E-state index >= 15 is 0 Å². The second-order valence-corrected chi connectivity index (χ2v) is 6.79. The first-order chi connectivity index (χ1) is 12.2. The van der Waals surface area contributed by atoms with Gasteiger partial charge < -0.3 is 10.6 Å². The van der Waals surface area contributed by atoms with Crippen molar-refractivity contribution in [3.63, 3.8) is 0 Å². The van der Waals surface area contributed by atoms with Crippen LogP contribution in [0.15, 0.2) is 42.5 Å². The molecule has 0 atom stereocenters. The van der Waals surface area contributed by atoms with E-state index in [0.29, 0.717) is 18.3 Å². The molecule has 2 aromatic carbocycles. The SMILES string of the molecule is Fc1ccc(NCc2ccccc2CCNC2CCCCC2)c(F)c1. The van der Waals surface area contributed by atoms with Crippen molar-refractivity contribution in [2.75, 3.05) is 11.9 Å². The summed E-state index contributed by atoms with van der Waals surface area (Å²) >= 11 is 0. The molecule has 2 nitrogen and oxygen atoms in total. The average molecular weight is 344 g/mol. The minimum absolute atomic E-state index is 0.330. The van der Waals surface area contributed by atoms with Crippen molar-refractivity contribution in [3.8, 4) is 0 Å². The van der Waals surface area contributed by atoms with E-state index in [9.17, 15) is 8.78 Å². The van der Waals surface area contributed by atoms with Gasteiger partial charge in [-0.1, -0.05) is 43.5 Å². The van der Waals surface area contributed by atoms with Crippen molar-refractivity contribution in [2.24, 2.45) is 0 Å². The average Bonchev–Trinajstić information content (AvgIpc) is 2.63. The maximum Gasteiger partial charge on any atom is 0.149 e. The van der Waals surface area contributed by atoms with Gasteiger partial charge in [0.05, 0.1) is 5.69 Å². The first-order valence-corrected chi connectivity index (χ1v) is 9.21. The number of benzene rings is 2. The van der Waals surface area contributed by atoms with Gasteiger partial charge in [0.25, 0.3) is 0 Å². The van der Waals surface area contributed by atoms with Gasteiger partial charge in [-0.25, -0.2) is 8.78 Å². The first-order valence-electron chi connectivity index (χ1n) is 9.21. The highest BCUT2D eigenvalue weighted by atomic mass is 19.1. The third-order valence-corrected chi connectivity index (χ3v) is 4.95.